The van der Waals surface area contributed by atoms with Gasteiger partial charge in [-0.15, -0.1) is 0 Å². The van der Waals surface area contributed by atoms with Crippen LogP contribution in [0.2, 0.25) is 37.8 Å². The van der Waals surface area contributed by atoms with E-state index >= 15 is 0 Å². The molecule has 0 spiro atoms. The number of hydrogen-bond acceptors (Lipinski definition) is 4. The topological polar surface area (TPSA) is 36.9 Å². The van der Waals surface area contributed by atoms with Crippen LogP contribution in [0.15, 0.2) is 0 Å². The minimum atomic E-state index is -2.41. The highest BCUT2D eigenvalue weighted by Gasteiger charge is 2.49. The van der Waals surface area contributed by atoms with Gasteiger partial charge in [-0.25, -0.2) is 0 Å². The van der Waals surface area contributed by atoms with Crippen LogP contribution in [-0.4, -0.2) is 59.7 Å². The molecule has 2 unspecified atom stereocenters. The third-order valence-electron chi connectivity index (χ3n) is 4.65. The summed E-state index contributed by atoms with van der Waals surface area (Å²) in [5, 5.41) is 0. The summed E-state index contributed by atoms with van der Waals surface area (Å²) < 4.78 is 23.2. The molecule has 0 aliphatic carbocycles. The lowest BCUT2D eigenvalue weighted by Crippen LogP contribution is -2.65. The summed E-state index contributed by atoms with van der Waals surface area (Å²) >= 11 is 0. The van der Waals surface area contributed by atoms with Crippen LogP contribution in [0.3, 0.4) is 0 Å². The largest absolute Gasteiger partial charge is 0.499 e. The molecule has 1 aliphatic heterocycles. The van der Waals surface area contributed by atoms with E-state index in [0.717, 1.165) is 6.04 Å². The van der Waals surface area contributed by atoms with Crippen LogP contribution >= 0.6 is 0 Å². The van der Waals surface area contributed by atoms with Crippen molar-refractivity contribution in [3.8, 4) is 0 Å². The van der Waals surface area contributed by atoms with E-state index in [-0.39, 0.29) is 5.60 Å². The van der Waals surface area contributed by atoms with Crippen molar-refractivity contribution in [2.75, 3.05) is 21.3 Å². The number of hydrogen-bond donors (Lipinski definition) is 0. The normalized spacial score (nSPS) is 29.4. The average molecular weight is 353 g/mol. The quantitative estimate of drug-likeness (QED) is 0.686. The third kappa shape index (κ3) is 4.35. The lowest BCUT2D eigenvalue weighted by atomic mass is 10.2. The molecular weight excluding hydrogens is 320 g/mol. The van der Waals surface area contributed by atoms with Crippen LogP contribution in [0.4, 0.5) is 0 Å². The molecule has 1 saturated heterocycles. The van der Waals surface area contributed by atoms with Gasteiger partial charge in [-0.05, 0) is 19.9 Å². The maximum Gasteiger partial charge on any atom is 0.499 e. The lowest BCUT2D eigenvalue weighted by molar-refractivity contribution is 0.125. The third-order valence-corrected chi connectivity index (χ3v) is 39.5. The monoisotopic (exact) mass is 352 g/mol. The van der Waals surface area contributed by atoms with E-state index in [2.05, 4.69) is 33.5 Å². The second kappa shape index (κ2) is 6.86. The molecule has 0 aromatic heterocycles. The Morgan fingerprint density at radius 3 is 2.05 bits per heavy atom. The molecule has 1 aliphatic rings. The highest BCUT2D eigenvalue weighted by Crippen LogP contribution is 2.35. The second-order valence-corrected chi connectivity index (χ2v) is 32.2. The predicted octanol–water partition coefficient (Wildman–Crippen LogP) is 2.12. The fourth-order valence-electron chi connectivity index (χ4n) is 4.00. The van der Waals surface area contributed by atoms with Crippen LogP contribution in [0, 0.1) is 0 Å². The molecule has 0 aromatic carbocycles. The highest BCUT2D eigenvalue weighted by molar-refractivity contribution is 7.55. The molecule has 0 bridgehead atoms. The van der Waals surface area contributed by atoms with Crippen LogP contribution < -0.4 is 0 Å². The van der Waals surface area contributed by atoms with E-state index in [0.29, 0.717) is 0 Å². The SMILES string of the molecule is CO[Si](CC[SiH]1[SiH](C)OC(C)(C)C[Si]1(C)C)(OC)OC. The zero-order chi connectivity index (χ0) is 15.6. The van der Waals surface area contributed by atoms with E-state index in [9.17, 15) is 0 Å². The van der Waals surface area contributed by atoms with Gasteiger partial charge in [0.2, 0.25) is 0 Å². The Morgan fingerprint density at radius 2 is 1.65 bits per heavy atom. The fraction of sp³-hybridized carbons (Fsp3) is 1.00. The summed E-state index contributed by atoms with van der Waals surface area (Å²) in [6, 6.07) is 3.53. The van der Waals surface area contributed by atoms with Crippen LogP contribution in [0.1, 0.15) is 13.8 Å². The molecule has 120 valence electrons. The maximum atomic E-state index is 6.42. The van der Waals surface area contributed by atoms with Gasteiger partial charge in [-0.1, -0.05) is 25.7 Å². The summed E-state index contributed by atoms with van der Waals surface area (Å²) in [5.74, 6) is 0. The van der Waals surface area contributed by atoms with Gasteiger partial charge in [0.05, 0.1) is 7.83 Å². The van der Waals surface area contributed by atoms with E-state index in [1.54, 1.807) is 21.3 Å². The molecule has 0 saturated carbocycles. The minimum Gasteiger partial charge on any atom is -0.420 e. The van der Waals surface area contributed by atoms with E-state index in [4.69, 9.17) is 17.7 Å². The molecule has 8 heteroatoms. The summed E-state index contributed by atoms with van der Waals surface area (Å²) in [7, 11) is -0.221. The van der Waals surface area contributed by atoms with Crippen molar-refractivity contribution in [2.45, 2.75) is 57.2 Å². The Balaban J connectivity index is 2.76. The summed E-state index contributed by atoms with van der Waals surface area (Å²) in [5.41, 5.74) is 0.114. The molecule has 1 rings (SSSR count). The van der Waals surface area contributed by atoms with E-state index in [1.807, 2.05) is 0 Å². The molecule has 0 aromatic rings. The van der Waals surface area contributed by atoms with Gasteiger partial charge in [-0.3, -0.25) is 0 Å². The Hall–Kier alpha value is 0.708. The zero-order valence-corrected chi connectivity index (χ0v) is 18.7. The molecule has 2 atom stereocenters. The van der Waals surface area contributed by atoms with Crippen LogP contribution in [-0.2, 0) is 17.7 Å². The zero-order valence-electron chi connectivity index (χ0n) is 14.4. The van der Waals surface area contributed by atoms with Crippen LogP contribution in [0.5, 0.6) is 0 Å². The molecule has 20 heavy (non-hydrogen) atoms. The van der Waals surface area contributed by atoms with Gasteiger partial charge in [0.15, 0.2) is 8.56 Å². The molecule has 0 N–H and O–H groups in total. The second-order valence-electron chi connectivity index (χ2n) is 7.19. The summed E-state index contributed by atoms with van der Waals surface area (Å²) in [6.07, 6.45) is 0. The van der Waals surface area contributed by atoms with Crippen LogP contribution in [0.25, 0.3) is 0 Å². The molecule has 1 heterocycles. The van der Waals surface area contributed by atoms with Gasteiger partial charge in [0, 0.05) is 40.6 Å². The lowest BCUT2D eigenvalue weighted by Gasteiger charge is -2.48. The first-order chi connectivity index (χ1) is 9.11. The predicted molar refractivity (Wildman–Crippen MR) is 94.0 cm³/mol. The van der Waals surface area contributed by atoms with Crippen molar-refractivity contribution in [2.24, 2.45) is 0 Å². The molecule has 0 radical (unpaired) electrons. The summed E-state index contributed by atoms with van der Waals surface area (Å²) in [4.78, 5) is 0. The first-order valence-corrected chi connectivity index (χ1v) is 19.5. The van der Waals surface area contributed by atoms with Gasteiger partial charge in [0.1, 0.15) is 0 Å². The van der Waals surface area contributed by atoms with Crippen molar-refractivity contribution >= 4 is 32.8 Å². The van der Waals surface area contributed by atoms with Crippen molar-refractivity contribution in [3.05, 3.63) is 0 Å². The Kier molecular flexibility index (Phi) is 6.43. The Labute approximate surface area is 129 Å². The molecular formula is C12H32O4Si4. The molecule has 4 nitrogen and oxygen atoms in total. The minimum absolute atomic E-state index is 0.114. The van der Waals surface area contributed by atoms with Gasteiger partial charge in [-0.2, -0.15) is 0 Å². The Morgan fingerprint density at radius 1 is 1.15 bits per heavy atom. The van der Waals surface area contributed by atoms with Crippen molar-refractivity contribution < 1.29 is 17.7 Å². The molecule has 1 fully saturated rings. The van der Waals surface area contributed by atoms with Crippen molar-refractivity contribution in [1.82, 2.24) is 0 Å². The van der Waals surface area contributed by atoms with Gasteiger partial charge < -0.3 is 17.7 Å². The fourth-order valence-corrected chi connectivity index (χ4v) is 41.6. The van der Waals surface area contributed by atoms with E-state index < -0.39 is 32.8 Å². The smallest absolute Gasteiger partial charge is 0.420 e. The number of rotatable bonds is 6. The first-order valence-electron chi connectivity index (χ1n) is 7.45. The standard InChI is InChI=1S/C12H32O4Si4/c1-12(2)11-19(7,8)18(17(6)16-12)9-10-20(13-3,14-4)15-5/h17-18H,9-11H2,1-8H3. The highest BCUT2D eigenvalue weighted by atomic mass is 29.6. The van der Waals surface area contributed by atoms with Crippen molar-refractivity contribution in [1.29, 1.82) is 0 Å². The summed E-state index contributed by atoms with van der Waals surface area (Å²) in [6.45, 7) is 12.1. The maximum absolute atomic E-state index is 6.42. The first kappa shape index (κ1) is 18.8. The van der Waals surface area contributed by atoms with E-state index in [1.165, 1.54) is 12.1 Å². The van der Waals surface area contributed by atoms with Gasteiger partial charge in [0.25, 0.3) is 0 Å². The van der Waals surface area contributed by atoms with Crippen molar-refractivity contribution in [3.63, 3.8) is 0 Å². The van der Waals surface area contributed by atoms with Gasteiger partial charge >= 0.3 is 8.80 Å². The Bertz CT molecular complexity index is 312. The average Bonchev–Trinajstić information content (AvgIpc) is 2.31. The molecule has 0 amide bonds.